The van der Waals surface area contributed by atoms with Crippen molar-refractivity contribution in [2.45, 2.75) is 13.5 Å². The number of hydrogen-bond donors (Lipinski definition) is 0. The SMILES string of the molecule is COc1ccc(/C=C/C(=O)c2ccc(C)cc2)cc1COc1ccc(F)cc1Cl. The van der Waals surface area contributed by atoms with Crippen molar-refractivity contribution < 1.29 is 18.7 Å². The maximum absolute atomic E-state index is 13.2. The highest BCUT2D eigenvalue weighted by molar-refractivity contribution is 6.32. The zero-order chi connectivity index (χ0) is 20.8. The summed E-state index contributed by atoms with van der Waals surface area (Å²) in [5.41, 5.74) is 3.34. The number of ether oxygens (including phenoxy) is 2. The first-order valence-corrected chi connectivity index (χ1v) is 9.38. The quantitative estimate of drug-likeness (QED) is 0.340. The summed E-state index contributed by atoms with van der Waals surface area (Å²) < 4.78 is 24.3. The average molecular weight is 411 g/mol. The Morgan fingerprint density at radius 1 is 1.03 bits per heavy atom. The van der Waals surface area contributed by atoms with Crippen LogP contribution in [0, 0.1) is 12.7 Å². The lowest BCUT2D eigenvalue weighted by Crippen LogP contribution is -2.00. The lowest BCUT2D eigenvalue weighted by atomic mass is 10.1. The molecule has 0 heterocycles. The molecule has 0 bridgehead atoms. The largest absolute Gasteiger partial charge is 0.496 e. The molecule has 148 valence electrons. The second-order valence-electron chi connectivity index (χ2n) is 6.50. The summed E-state index contributed by atoms with van der Waals surface area (Å²) in [7, 11) is 1.57. The van der Waals surface area contributed by atoms with Gasteiger partial charge >= 0.3 is 0 Å². The maximum atomic E-state index is 13.2. The Morgan fingerprint density at radius 2 is 1.76 bits per heavy atom. The summed E-state index contributed by atoms with van der Waals surface area (Å²) in [4.78, 5) is 12.3. The van der Waals surface area contributed by atoms with Gasteiger partial charge in [0.15, 0.2) is 5.78 Å². The van der Waals surface area contributed by atoms with Crippen LogP contribution in [0.25, 0.3) is 6.08 Å². The Labute approximate surface area is 174 Å². The maximum Gasteiger partial charge on any atom is 0.185 e. The highest BCUT2D eigenvalue weighted by Gasteiger charge is 2.08. The van der Waals surface area contributed by atoms with Crippen LogP contribution in [0.3, 0.4) is 0 Å². The van der Waals surface area contributed by atoms with E-state index in [9.17, 15) is 9.18 Å². The van der Waals surface area contributed by atoms with Gasteiger partial charge in [-0.25, -0.2) is 4.39 Å². The molecule has 0 aliphatic carbocycles. The number of carbonyl (C=O) groups is 1. The van der Waals surface area contributed by atoms with Gasteiger partial charge in [0.1, 0.15) is 23.9 Å². The molecule has 0 aliphatic heterocycles. The van der Waals surface area contributed by atoms with E-state index in [1.807, 2.05) is 43.3 Å². The minimum Gasteiger partial charge on any atom is -0.496 e. The molecule has 0 unspecified atom stereocenters. The van der Waals surface area contributed by atoms with Crippen LogP contribution in [0.4, 0.5) is 4.39 Å². The van der Waals surface area contributed by atoms with Crippen molar-refractivity contribution >= 4 is 23.5 Å². The third kappa shape index (κ3) is 5.46. The van der Waals surface area contributed by atoms with Crippen molar-refractivity contribution in [1.29, 1.82) is 0 Å². The first-order chi connectivity index (χ1) is 14.0. The van der Waals surface area contributed by atoms with Crippen molar-refractivity contribution in [3.8, 4) is 11.5 Å². The summed E-state index contributed by atoms with van der Waals surface area (Å²) in [5.74, 6) is 0.526. The number of halogens is 2. The number of hydrogen-bond acceptors (Lipinski definition) is 3. The van der Waals surface area contributed by atoms with Gasteiger partial charge in [-0.2, -0.15) is 0 Å². The summed E-state index contributed by atoms with van der Waals surface area (Å²) >= 11 is 6.01. The van der Waals surface area contributed by atoms with Crippen LogP contribution >= 0.6 is 11.6 Å². The van der Waals surface area contributed by atoms with Crippen molar-refractivity contribution in [1.82, 2.24) is 0 Å². The molecule has 0 radical (unpaired) electrons. The monoisotopic (exact) mass is 410 g/mol. The fraction of sp³-hybridized carbons (Fsp3) is 0.125. The Hall–Kier alpha value is -3.11. The van der Waals surface area contributed by atoms with Gasteiger partial charge < -0.3 is 9.47 Å². The molecule has 3 nitrogen and oxygen atoms in total. The highest BCUT2D eigenvalue weighted by Crippen LogP contribution is 2.28. The third-order valence-corrected chi connectivity index (χ3v) is 4.64. The van der Waals surface area contributed by atoms with Gasteiger partial charge in [0.25, 0.3) is 0 Å². The van der Waals surface area contributed by atoms with Crippen LogP contribution < -0.4 is 9.47 Å². The Kier molecular flexibility index (Phi) is 6.68. The molecule has 0 aliphatic rings. The number of ketones is 1. The van der Waals surface area contributed by atoms with Crippen LogP contribution in [-0.2, 0) is 6.61 Å². The molecule has 3 rings (SSSR count). The van der Waals surface area contributed by atoms with E-state index >= 15 is 0 Å². The number of carbonyl (C=O) groups excluding carboxylic acids is 1. The van der Waals surface area contributed by atoms with Crippen LogP contribution in [0.2, 0.25) is 5.02 Å². The van der Waals surface area contributed by atoms with Gasteiger partial charge in [0.2, 0.25) is 0 Å². The van der Waals surface area contributed by atoms with Gasteiger partial charge in [-0.1, -0.05) is 53.6 Å². The van der Waals surface area contributed by atoms with Crippen LogP contribution in [0.1, 0.15) is 27.0 Å². The molecular formula is C24H20ClFO3. The number of methoxy groups -OCH3 is 1. The van der Waals surface area contributed by atoms with E-state index in [4.69, 9.17) is 21.1 Å². The van der Waals surface area contributed by atoms with Gasteiger partial charge in [-0.15, -0.1) is 0 Å². The van der Waals surface area contributed by atoms with Crippen molar-refractivity contribution in [2.24, 2.45) is 0 Å². The van der Waals surface area contributed by atoms with E-state index < -0.39 is 5.82 Å². The lowest BCUT2D eigenvalue weighted by Gasteiger charge is -2.12. The zero-order valence-electron chi connectivity index (χ0n) is 16.1. The van der Waals surface area contributed by atoms with Crippen molar-refractivity contribution in [3.63, 3.8) is 0 Å². The van der Waals surface area contributed by atoms with E-state index in [1.54, 1.807) is 19.3 Å². The Balaban J connectivity index is 1.75. The Bertz CT molecular complexity index is 1040. The van der Waals surface area contributed by atoms with Crippen molar-refractivity contribution in [3.05, 3.63) is 99.8 Å². The fourth-order valence-corrected chi connectivity index (χ4v) is 2.97. The van der Waals surface area contributed by atoms with E-state index in [-0.39, 0.29) is 17.4 Å². The first kappa shape index (κ1) is 20.6. The highest BCUT2D eigenvalue weighted by atomic mass is 35.5. The van der Waals surface area contributed by atoms with Gasteiger partial charge in [0, 0.05) is 11.1 Å². The summed E-state index contributed by atoms with van der Waals surface area (Å²) in [6.07, 6.45) is 3.28. The predicted molar refractivity (Wildman–Crippen MR) is 113 cm³/mol. The van der Waals surface area contributed by atoms with Crippen LogP contribution in [0.5, 0.6) is 11.5 Å². The molecule has 3 aromatic carbocycles. The molecule has 0 saturated carbocycles. The topological polar surface area (TPSA) is 35.5 Å². The first-order valence-electron chi connectivity index (χ1n) is 9.00. The normalized spacial score (nSPS) is 10.9. The second-order valence-corrected chi connectivity index (χ2v) is 6.91. The summed E-state index contributed by atoms with van der Waals surface area (Å²) in [6.45, 7) is 2.16. The molecule has 5 heteroatoms. The molecule has 0 saturated heterocycles. The van der Waals surface area contributed by atoms with Gasteiger partial charge in [-0.05, 0) is 48.9 Å². The molecule has 0 fully saturated rings. The van der Waals surface area contributed by atoms with Gasteiger partial charge in [0.05, 0.1) is 12.1 Å². The van der Waals surface area contributed by atoms with E-state index in [0.29, 0.717) is 17.1 Å². The summed E-state index contributed by atoms with van der Waals surface area (Å²) in [6, 6.07) is 16.9. The fourth-order valence-electron chi connectivity index (χ4n) is 2.75. The molecular weight excluding hydrogens is 391 g/mol. The molecule has 3 aromatic rings. The molecule has 0 aromatic heterocycles. The third-order valence-electron chi connectivity index (χ3n) is 4.34. The Morgan fingerprint density at radius 3 is 2.45 bits per heavy atom. The number of aryl methyl sites for hydroxylation is 1. The minimum absolute atomic E-state index is 0.0725. The van der Waals surface area contributed by atoms with Gasteiger partial charge in [-0.3, -0.25) is 4.79 Å². The second kappa shape index (κ2) is 9.39. The van der Waals surface area contributed by atoms with E-state index in [0.717, 1.165) is 16.7 Å². The lowest BCUT2D eigenvalue weighted by molar-refractivity contribution is 0.104. The smallest absolute Gasteiger partial charge is 0.185 e. The minimum atomic E-state index is -0.426. The molecule has 0 atom stereocenters. The van der Waals surface area contributed by atoms with Crippen molar-refractivity contribution in [2.75, 3.05) is 7.11 Å². The molecule has 29 heavy (non-hydrogen) atoms. The molecule has 0 N–H and O–H groups in total. The van der Waals surface area contributed by atoms with Crippen LogP contribution in [0.15, 0.2) is 66.7 Å². The van der Waals surface area contributed by atoms with Crippen LogP contribution in [-0.4, -0.2) is 12.9 Å². The zero-order valence-corrected chi connectivity index (χ0v) is 16.9. The standard InChI is InChI=1S/C24H20ClFO3/c1-16-3-7-18(8-4-16)22(27)10-5-17-6-11-23(28-2)19(13-17)15-29-24-12-9-20(26)14-21(24)25/h3-14H,15H2,1-2H3/b10-5+. The number of benzene rings is 3. The molecule has 0 spiro atoms. The van der Waals surface area contributed by atoms with E-state index in [2.05, 4.69) is 0 Å². The summed E-state index contributed by atoms with van der Waals surface area (Å²) in [5, 5.41) is 0.198. The number of rotatable bonds is 7. The van der Waals surface area contributed by atoms with E-state index in [1.165, 1.54) is 24.3 Å². The number of allylic oxidation sites excluding steroid dienone is 1. The predicted octanol–water partition coefficient (Wildman–Crippen LogP) is 6.27. The molecule has 0 amide bonds. The average Bonchev–Trinajstić information content (AvgIpc) is 2.72.